The summed E-state index contributed by atoms with van der Waals surface area (Å²) in [6.07, 6.45) is 0.260. The van der Waals surface area contributed by atoms with E-state index in [4.69, 9.17) is 11.6 Å². The van der Waals surface area contributed by atoms with Crippen molar-refractivity contribution in [2.75, 3.05) is 16.0 Å². The summed E-state index contributed by atoms with van der Waals surface area (Å²) in [6.45, 7) is 1.89. The van der Waals surface area contributed by atoms with E-state index in [-0.39, 0.29) is 30.0 Å². The average Bonchev–Trinajstić information content (AvgIpc) is 2.88. The van der Waals surface area contributed by atoms with E-state index in [0.29, 0.717) is 10.7 Å². The Labute approximate surface area is 171 Å². The van der Waals surface area contributed by atoms with Gasteiger partial charge >= 0.3 is 0 Å². The number of benzene rings is 2. The smallest absolute Gasteiger partial charge is 0.237 e. The van der Waals surface area contributed by atoms with Gasteiger partial charge in [-0.05, 0) is 37.3 Å². The van der Waals surface area contributed by atoms with Crippen LogP contribution in [0.1, 0.15) is 13.3 Å². The monoisotopic (exact) mass is 414 g/mol. The molecule has 2 amide bonds. The number of hydrogen-bond acceptors (Lipinski definition) is 4. The molecule has 4 rings (SSSR count). The Bertz CT molecular complexity index is 1080. The Morgan fingerprint density at radius 2 is 2.11 bits per heavy atom. The summed E-state index contributed by atoms with van der Waals surface area (Å²) >= 11 is 7.43. The molecule has 3 aromatic rings. The lowest BCUT2D eigenvalue weighted by atomic mass is 10.2. The van der Waals surface area contributed by atoms with Crippen LogP contribution in [0.3, 0.4) is 0 Å². The van der Waals surface area contributed by atoms with Gasteiger partial charge in [0.25, 0.3) is 0 Å². The van der Waals surface area contributed by atoms with Crippen LogP contribution in [0.25, 0.3) is 11.0 Å². The third-order valence-corrected chi connectivity index (χ3v) is 6.00. The van der Waals surface area contributed by atoms with Gasteiger partial charge in [0.1, 0.15) is 0 Å². The van der Waals surface area contributed by atoms with Crippen molar-refractivity contribution < 1.29 is 9.59 Å². The number of halogens is 1. The molecule has 0 saturated heterocycles. The Hall–Kier alpha value is -2.51. The summed E-state index contributed by atoms with van der Waals surface area (Å²) in [7, 11) is 1.92. The van der Waals surface area contributed by atoms with Crippen LogP contribution in [-0.4, -0.2) is 33.2 Å². The van der Waals surface area contributed by atoms with Crippen LogP contribution in [0.2, 0.25) is 5.02 Å². The Balaban J connectivity index is 1.58. The number of para-hydroxylation sites is 2. The van der Waals surface area contributed by atoms with Gasteiger partial charge in [0.2, 0.25) is 11.8 Å². The molecule has 0 radical (unpaired) electrons. The molecule has 0 spiro atoms. The summed E-state index contributed by atoms with van der Waals surface area (Å²) in [5.41, 5.74) is 3.15. The van der Waals surface area contributed by atoms with Crippen LogP contribution in [0.15, 0.2) is 47.6 Å². The lowest BCUT2D eigenvalue weighted by Gasteiger charge is -2.27. The van der Waals surface area contributed by atoms with Crippen LogP contribution >= 0.6 is 23.4 Å². The number of carbonyl (C=O) groups excluding carboxylic acids is 2. The molecule has 0 bridgehead atoms. The van der Waals surface area contributed by atoms with Gasteiger partial charge < -0.3 is 14.8 Å². The molecule has 1 aliphatic heterocycles. The number of aromatic nitrogens is 2. The van der Waals surface area contributed by atoms with Crippen LogP contribution < -0.4 is 10.2 Å². The summed E-state index contributed by atoms with van der Waals surface area (Å²) in [5, 5.41) is 4.25. The number of rotatable bonds is 3. The SMILES string of the molecule is C[C@@H]1CC(=O)Nc2ccccc2N1C(=O)CSc1nc2cc(Cl)ccc2n1C. The Morgan fingerprint density at radius 3 is 2.93 bits per heavy atom. The molecule has 6 nitrogen and oxygen atoms in total. The molecule has 1 atom stereocenters. The van der Waals surface area contributed by atoms with E-state index in [0.717, 1.165) is 21.9 Å². The molecular weight excluding hydrogens is 396 g/mol. The standard InChI is InChI=1S/C20H19ClN4O2S/c1-12-9-18(26)22-14-5-3-4-6-17(14)25(12)19(27)11-28-20-23-15-10-13(21)7-8-16(15)24(20)2/h3-8,10,12H,9,11H2,1-2H3,(H,22,26)/t12-/m1/s1. The molecule has 2 heterocycles. The van der Waals surface area contributed by atoms with E-state index >= 15 is 0 Å². The van der Waals surface area contributed by atoms with Crippen molar-refractivity contribution in [1.29, 1.82) is 0 Å². The van der Waals surface area contributed by atoms with E-state index in [9.17, 15) is 9.59 Å². The fourth-order valence-corrected chi connectivity index (χ4v) is 4.46. The minimum Gasteiger partial charge on any atom is -0.324 e. The van der Waals surface area contributed by atoms with Crippen LogP contribution in [0.4, 0.5) is 11.4 Å². The molecule has 0 fully saturated rings. The summed E-state index contributed by atoms with van der Waals surface area (Å²) in [5.74, 6) is 0.0688. The zero-order valence-electron chi connectivity index (χ0n) is 15.5. The van der Waals surface area contributed by atoms with E-state index in [1.54, 1.807) is 4.90 Å². The maximum absolute atomic E-state index is 13.1. The molecule has 2 aromatic carbocycles. The number of carbonyl (C=O) groups is 2. The van der Waals surface area contributed by atoms with Gasteiger partial charge in [-0.2, -0.15) is 0 Å². The van der Waals surface area contributed by atoms with Crippen molar-refractivity contribution in [2.45, 2.75) is 24.5 Å². The van der Waals surface area contributed by atoms with Gasteiger partial charge in [-0.15, -0.1) is 0 Å². The number of nitrogens with one attached hydrogen (secondary N) is 1. The van der Waals surface area contributed by atoms with E-state index in [1.807, 2.05) is 61.0 Å². The molecule has 144 valence electrons. The van der Waals surface area contributed by atoms with Crippen molar-refractivity contribution in [1.82, 2.24) is 9.55 Å². The second-order valence-electron chi connectivity index (χ2n) is 6.76. The normalized spacial score (nSPS) is 16.6. The first kappa shape index (κ1) is 18.8. The van der Waals surface area contributed by atoms with Crippen molar-refractivity contribution >= 4 is 57.6 Å². The largest absolute Gasteiger partial charge is 0.324 e. The summed E-state index contributed by atoms with van der Waals surface area (Å²) < 4.78 is 1.95. The van der Waals surface area contributed by atoms with Gasteiger partial charge in [0, 0.05) is 24.5 Å². The molecular formula is C20H19ClN4O2S. The van der Waals surface area contributed by atoms with Gasteiger partial charge in [-0.3, -0.25) is 9.59 Å². The number of anilines is 2. The van der Waals surface area contributed by atoms with Crippen molar-refractivity contribution in [3.63, 3.8) is 0 Å². The van der Waals surface area contributed by atoms with E-state index < -0.39 is 0 Å². The number of aryl methyl sites for hydroxylation is 1. The molecule has 0 unspecified atom stereocenters. The number of fused-ring (bicyclic) bond motifs is 2. The molecule has 0 saturated carbocycles. The molecule has 0 aliphatic carbocycles. The Kier molecular flexibility index (Phi) is 5.03. The highest BCUT2D eigenvalue weighted by Crippen LogP contribution is 2.32. The van der Waals surface area contributed by atoms with Crippen LogP contribution in [0, 0.1) is 0 Å². The average molecular weight is 415 g/mol. The minimum atomic E-state index is -0.226. The van der Waals surface area contributed by atoms with Gasteiger partial charge in [0.15, 0.2) is 5.16 Å². The van der Waals surface area contributed by atoms with Crippen LogP contribution in [0.5, 0.6) is 0 Å². The van der Waals surface area contributed by atoms with Gasteiger partial charge in [0.05, 0.1) is 28.2 Å². The second kappa shape index (κ2) is 7.48. The van der Waals surface area contributed by atoms with E-state index in [1.165, 1.54) is 11.8 Å². The number of nitrogens with zero attached hydrogens (tertiary/aromatic N) is 3. The zero-order chi connectivity index (χ0) is 19.8. The molecule has 1 aromatic heterocycles. The van der Waals surface area contributed by atoms with Crippen molar-refractivity contribution in [3.8, 4) is 0 Å². The summed E-state index contributed by atoms with van der Waals surface area (Å²) in [4.78, 5) is 31.5. The number of hydrogen-bond donors (Lipinski definition) is 1. The minimum absolute atomic E-state index is 0.0634. The number of thioether (sulfide) groups is 1. The predicted molar refractivity (Wildman–Crippen MR) is 113 cm³/mol. The highest BCUT2D eigenvalue weighted by atomic mass is 35.5. The van der Waals surface area contributed by atoms with Gasteiger partial charge in [-0.1, -0.05) is 35.5 Å². The highest BCUT2D eigenvalue weighted by molar-refractivity contribution is 7.99. The Morgan fingerprint density at radius 1 is 1.32 bits per heavy atom. The zero-order valence-corrected chi connectivity index (χ0v) is 17.0. The highest BCUT2D eigenvalue weighted by Gasteiger charge is 2.29. The topological polar surface area (TPSA) is 67.2 Å². The lowest BCUT2D eigenvalue weighted by molar-refractivity contribution is -0.117. The summed E-state index contributed by atoms with van der Waals surface area (Å²) in [6, 6.07) is 12.7. The van der Waals surface area contributed by atoms with Crippen LogP contribution in [-0.2, 0) is 16.6 Å². The predicted octanol–water partition coefficient (Wildman–Crippen LogP) is 4.08. The maximum atomic E-state index is 13.1. The first-order valence-electron chi connectivity index (χ1n) is 8.90. The number of amides is 2. The molecule has 1 aliphatic rings. The fraction of sp³-hybridized carbons (Fsp3) is 0.250. The maximum Gasteiger partial charge on any atom is 0.237 e. The second-order valence-corrected chi connectivity index (χ2v) is 8.14. The van der Waals surface area contributed by atoms with E-state index in [2.05, 4.69) is 10.3 Å². The fourth-order valence-electron chi connectivity index (χ4n) is 3.44. The molecule has 28 heavy (non-hydrogen) atoms. The third kappa shape index (κ3) is 3.47. The lowest BCUT2D eigenvalue weighted by Crippen LogP contribution is -2.40. The number of imidazole rings is 1. The van der Waals surface area contributed by atoms with Crippen molar-refractivity contribution in [3.05, 3.63) is 47.5 Å². The van der Waals surface area contributed by atoms with Gasteiger partial charge in [-0.25, -0.2) is 4.98 Å². The first-order valence-corrected chi connectivity index (χ1v) is 10.3. The molecule has 1 N–H and O–H groups in total. The molecule has 8 heteroatoms. The third-order valence-electron chi connectivity index (χ3n) is 4.75. The first-order chi connectivity index (χ1) is 13.4. The van der Waals surface area contributed by atoms with Crippen molar-refractivity contribution in [2.24, 2.45) is 7.05 Å². The quantitative estimate of drug-likeness (QED) is 0.655.